The second-order valence-electron chi connectivity index (χ2n) is 6.58. The number of hydrogen-bond acceptors (Lipinski definition) is 5. The van der Waals surface area contributed by atoms with E-state index in [9.17, 15) is 15.8 Å². The molecular formula is C19H17N5. The standard InChI is InChI=1S/C19H17N5/c1-18-7-3-2-6-15(18)14(9-20)17(23)19(11-21,12-22)16(18)13-5-4-8-24-10-13/h4-6,8,10,16H,2-3,7,23H2,1H3/t16-,18+/m0/s1. The molecule has 5 nitrogen and oxygen atoms in total. The SMILES string of the molecule is C[C@@]12CCCC=C1C(C#N)=C(N)C(C#N)(C#N)[C@H]2c1cccnc1. The van der Waals surface area contributed by atoms with Crippen molar-refractivity contribution in [3.63, 3.8) is 0 Å². The van der Waals surface area contributed by atoms with Crippen molar-refractivity contribution in [1.29, 1.82) is 15.8 Å². The molecule has 1 heterocycles. The molecule has 3 rings (SSSR count). The Labute approximate surface area is 141 Å². The van der Waals surface area contributed by atoms with Crippen LogP contribution in [-0.2, 0) is 0 Å². The van der Waals surface area contributed by atoms with Crippen molar-refractivity contribution in [3.8, 4) is 18.2 Å². The first-order valence-electron chi connectivity index (χ1n) is 7.89. The molecule has 2 aliphatic rings. The fourth-order valence-corrected chi connectivity index (χ4v) is 4.31. The normalized spacial score (nSPS) is 27.9. The lowest BCUT2D eigenvalue weighted by molar-refractivity contribution is 0.201. The third kappa shape index (κ3) is 1.87. The molecule has 0 fully saturated rings. The average molecular weight is 315 g/mol. The van der Waals surface area contributed by atoms with Crippen molar-refractivity contribution in [1.82, 2.24) is 4.98 Å². The molecule has 24 heavy (non-hydrogen) atoms. The van der Waals surface area contributed by atoms with E-state index in [2.05, 4.69) is 23.2 Å². The van der Waals surface area contributed by atoms with Gasteiger partial charge in [0.05, 0.1) is 23.4 Å². The van der Waals surface area contributed by atoms with E-state index in [1.54, 1.807) is 18.5 Å². The van der Waals surface area contributed by atoms with E-state index in [-0.39, 0.29) is 5.70 Å². The molecule has 0 saturated heterocycles. The molecule has 0 unspecified atom stereocenters. The minimum absolute atomic E-state index is 0.0643. The quantitative estimate of drug-likeness (QED) is 0.856. The number of fused-ring (bicyclic) bond motifs is 1. The van der Waals surface area contributed by atoms with Gasteiger partial charge in [-0.1, -0.05) is 19.1 Å². The number of nitrogens with zero attached hydrogens (tertiary/aromatic N) is 4. The molecule has 0 spiro atoms. The van der Waals surface area contributed by atoms with Crippen LogP contribution in [-0.4, -0.2) is 4.98 Å². The molecule has 0 radical (unpaired) electrons. The van der Waals surface area contributed by atoms with Gasteiger partial charge in [0, 0.05) is 23.7 Å². The molecule has 0 aliphatic heterocycles. The largest absolute Gasteiger partial charge is 0.399 e. The Morgan fingerprint density at radius 3 is 2.62 bits per heavy atom. The van der Waals surface area contributed by atoms with Crippen LogP contribution in [0.3, 0.4) is 0 Å². The average Bonchev–Trinajstić information content (AvgIpc) is 2.62. The van der Waals surface area contributed by atoms with Gasteiger partial charge in [0.15, 0.2) is 5.41 Å². The summed E-state index contributed by atoms with van der Waals surface area (Å²) in [4.78, 5) is 4.17. The van der Waals surface area contributed by atoms with Gasteiger partial charge in [-0.2, -0.15) is 15.8 Å². The number of nitriles is 3. The predicted octanol–water partition coefficient (Wildman–Crippen LogP) is 3.07. The summed E-state index contributed by atoms with van der Waals surface area (Å²) in [7, 11) is 0. The Balaban J connectivity index is 2.42. The van der Waals surface area contributed by atoms with Gasteiger partial charge >= 0.3 is 0 Å². The van der Waals surface area contributed by atoms with E-state index in [1.807, 2.05) is 19.1 Å². The number of pyridine rings is 1. The number of allylic oxidation sites excluding steroid dienone is 4. The highest BCUT2D eigenvalue weighted by Gasteiger charge is 2.59. The van der Waals surface area contributed by atoms with Gasteiger partial charge < -0.3 is 5.73 Å². The van der Waals surface area contributed by atoms with Crippen LogP contribution in [0.1, 0.15) is 37.7 Å². The van der Waals surface area contributed by atoms with Crippen LogP contribution in [0.2, 0.25) is 0 Å². The first kappa shape index (κ1) is 15.8. The van der Waals surface area contributed by atoms with Crippen LogP contribution in [0.15, 0.2) is 47.4 Å². The highest BCUT2D eigenvalue weighted by Crippen LogP contribution is 2.62. The minimum atomic E-state index is -1.57. The molecule has 0 bridgehead atoms. The van der Waals surface area contributed by atoms with Gasteiger partial charge in [0.25, 0.3) is 0 Å². The topological polar surface area (TPSA) is 110 Å². The monoisotopic (exact) mass is 315 g/mol. The molecule has 118 valence electrons. The van der Waals surface area contributed by atoms with E-state index in [4.69, 9.17) is 5.73 Å². The second kappa shape index (κ2) is 5.52. The first-order valence-corrected chi connectivity index (χ1v) is 7.89. The maximum atomic E-state index is 9.93. The zero-order valence-corrected chi connectivity index (χ0v) is 13.5. The van der Waals surface area contributed by atoms with Gasteiger partial charge in [-0.15, -0.1) is 0 Å². The van der Waals surface area contributed by atoms with Gasteiger partial charge in [0.2, 0.25) is 0 Å². The van der Waals surface area contributed by atoms with Crippen LogP contribution in [0.5, 0.6) is 0 Å². The summed E-state index contributed by atoms with van der Waals surface area (Å²) in [5, 5.41) is 29.5. The Morgan fingerprint density at radius 2 is 2.04 bits per heavy atom. The fourth-order valence-electron chi connectivity index (χ4n) is 4.31. The molecule has 1 aromatic rings. The van der Waals surface area contributed by atoms with Crippen molar-refractivity contribution in [3.05, 3.63) is 53.0 Å². The van der Waals surface area contributed by atoms with E-state index in [1.165, 1.54) is 0 Å². The molecule has 0 amide bonds. The fraction of sp³-hybridized carbons (Fsp3) is 0.368. The van der Waals surface area contributed by atoms with E-state index in [0.717, 1.165) is 30.4 Å². The van der Waals surface area contributed by atoms with Crippen molar-refractivity contribution in [2.45, 2.75) is 32.1 Å². The Kier molecular flexibility index (Phi) is 3.63. The molecule has 0 aromatic carbocycles. The molecule has 2 atom stereocenters. The van der Waals surface area contributed by atoms with Gasteiger partial charge in [-0.25, -0.2) is 0 Å². The van der Waals surface area contributed by atoms with Gasteiger partial charge in [-0.3, -0.25) is 4.98 Å². The third-order valence-electron chi connectivity index (χ3n) is 5.38. The summed E-state index contributed by atoms with van der Waals surface area (Å²) in [6.07, 6.45) is 8.00. The summed E-state index contributed by atoms with van der Waals surface area (Å²) in [5.41, 5.74) is 6.19. The summed E-state index contributed by atoms with van der Waals surface area (Å²) in [6.45, 7) is 2.03. The number of nitrogens with two attached hydrogens (primary N) is 1. The highest BCUT2D eigenvalue weighted by atomic mass is 14.7. The van der Waals surface area contributed by atoms with Gasteiger partial charge in [0.1, 0.15) is 6.07 Å². The number of aromatic nitrogens is 1. The number of rotatable bonds is 1. The van der Waals surface area contributed by atoms with Crippen molar-refractivity contribution in [2.24, 2.45) is 16.6 Å². The first-order chi connectivity index (χ1) is 11.5. The summed E-state index contributed by atoms with van der Waals surface area (Å²) >= 11 is 0. The molecule has 1 aromatic heterocycles. The number of hydrogen-bond donors (Lipinski definition) is 1. The zero-order chi connectivity index (χ0) is 17.4. The highest BCUT2D eigenvalue weighted by molar-refractivity contribution is 5.61. The smallest absolute Gasteiger partial charge is 0.191 e. The zero-order valence-electron chi connectivity index (χ0n) is 13.5. The lowest BCUT2D eigenvalue weighted by Gasteiger charge is -2.50. The summed E-state index contributed by atoms with van der Waals surface area (Å²) in [6, 6.07) is 10.1. The summed E-state index contributed by atoms with van der Waals surface area (Å²) < 4.78 is 0. The minimum Gasteiger partial charge on any atom is -0.399 e. The summed E-state index contributed by atoms with van der Waals surface area (Å²) in [5.74, 6) is -0.461. The maximum Gasteiger partial charge on any atom is 0.191 e. The lowest BCUT2D eigenvalue weighted by Crippen LogP contribution is -2.48. The van der Waals surface area contributed by atoms with Crippen LogP contribution < -0.4 is 5.73 Å². The van der Waals surface area contributed by atoms with Crippen LogP contribution in [0.4, 0.5) is 0 Å². The second-order valence-corrected chi connectivity index (χ2v) is 6.58. The Morgan fingerprint density at radius 1 is 1.29 bits per heavy atom. The molecule has 5 heteroatoms. The van der Waals surface area contributed by atoms with Gasteiger partial charge in [-0.05, 0) is 36.5 Å². The Bertz CT molecular complexity index is 846. The third-order valence-corrected chi connectivity index (χ3v) is 5.38. The predicted molar refractivity (Wildman–Crippen MR) is 87.5 cm³/mol. The van der Waals surface area contributed by atoms with E-state index >= 15 is 0 Å². The molecule has 2 N–H and O–H groups in total. The van der Waals surface area contributed by atoms with Crippen LogP contribution >= 0.6 is 0 Å². The van der Waals surface area contributed by atoms with Crippen LogP contribution in [0, 0.1) is 44.8 Å². The van der Waals surface area contributed by atoms with E-state index in [0.29, 0.717) is 5.57 Å². The van der Waals surface area contributed by atoms with E-state index < -0.39 is 16.7 Å². The maximum absolute atomic E-state index is 9.93. The van der Waals surface area contributed by atoms with Crippen LogP contribution in [0.25, 0.3) is 0 Å². The van der Waals surface area contributed by atoms with Crippen molar-refractivity contribution < 1.29 is 0 Å². The van der Waals surface area contributed by atoms with Crippen molar-refractivity contribution >= 4 is 0 Å². The van der Waals surface area contributed by atoms with Crippen molar-refractivity contribution in [2.75, 3.05) is 0 Å². The Hall–Kier alpha value is -3.10. The molecule has 2 aliphatic carbocycles. The molecule has 0 saturated carbocycles. The lowest BCUT2D eigenvalue weighted by atomic mass is 9.50. The molecular weight excluding hydrogens is 298 g/mol.